The lowest BCUT2D eigenvalue weighted by Gasteiger charge is -2.25. The zero-order valence-electron chi connectivity index (χ0n) is 22.0. The number of carbonyl (C=O) groups excluding carboxylic acids is 1. The van der Waals surface area contributed by atoms with Crippen molar-refractivity contribution in [2.24, 2.45) is 19.1 Å². The number of esters is 1. The lowest BCUT2D eigenvalue weighted by Crippen LogP contribution is -2.40. The van der Waals surface area contributed by atoms with Crippen LogP contribution in [0.3, 0.4) is 0 Å². The second kappa shape index (κ2) is 9.60. The summed E-state index contributed by atoms with van der Waals surface area (Å²) in [6.45, 7) is 5.32. The van der Waals surface area contributed by atoms with Crippen LogP contribution in [0.1, 0.15) is 37.9 Å². The molecule has 0 aliphatic carbocycles. The Morgan fingerprint density at radius 1 is 1.05 bits per heavy atom. The number of hydrogen-bond acceptors (Lipinski definition) is 7. The minimum Gasteiger partial charge on any atom is -0.497 e. The van der Waals surface area contributed by atoms with E-state index in [9.17, 15) is 14.4 Å². The van der Waals surface area contributed by atoms with Crippen molar-refractivity contribution in [3.8, 4) is 5.75 Å². The molecule has 10 heteroatoms. The van der Waals surface area contributed by atoms with Gasteiger partial charge in [-0.25, -0.2) is 14.6 Å². The van der Waals surface area contributed by atoms with Crippen LogP contribution in [0.2, 0.25) is 0 Å². The van der Waals surface area contributed by atoms with Crippen molar-refractivity contribution in [3.05, 3.63) is 95.0 Å². The lowest BCUT2D eigenvalue weighted by atomic mass is 9.96. The van der Waals surface area contributed by atoms with Crippen LogP contribution in [0.15, 0.2) is 68.3 Å². The SMILES string of the molecule is COc1ccc([C@@H]2C(C(=O)OC(C)C)=C(C)N=c3s/c(=C/c4ccc5c(c4)n(C)c(=O)n5C)c(=O)n32)cc1. The number of nitrogens with zero attached hydrogens (tertiary/aromatic N) is 4. The van der Waals surface area contributed by atoms with E-state index in [0.717, 1.165) is 22.2 Å². The van der Waals surface area contributed by atoms with Gasteiger partial charge < -0.3 is 9.47 Å². The van der Waals surface area contributed by atoms with Gasteiger partial charge in [0.1, 0.15) is 5.75 Å². The fourth-order valence-corrected chi connectivity index (χ4v) is 5.77. The number of thiazole rings is 1. The van der Waals surface area contributed by atoms with Crippen LogP contribution in [-0.2, 0) is 23.6 Å². The number of ether oxygens (including phenoxy) is 2. The molecule has 0 saturated carbocycles. The van der Waals surface area contributed by atoms with E-state index < -0.39 is 12.0 Å². The van der Waals surface area contributed by atoms with Gasteiger partial charge in [-0.3, -0.25) is 18.5 Å². The van der Waals surface area contributed by atoms with Gasteiger partial charge in [0.2, 0.25) is 0 Å². The Morgan fingerprint density at radius 2 is 1.74 bits per heavy atom. The van der Waals surface area contributed by atoms with Crippen LogP contribution in [0.5, 0.6) is 5.75 Å². The van der Waals surface area contributed by atoms with Gasteiger partial charge in [-0.2, -0.15) is 0 Å². The second-order valence-corrected chi connectivity index (χ2v) is 10.5. The molecule has 5 rings (SSSR count). The van der Waals surface area contributed by atoms with Crippen LogP contribution in [0, 0.1) is 0 Å². The number of allylic oxidation sites excluding steroid dienone is 1. The smallest absolute Gasteiger partial charge is 0.338 e. The number of imidazole rings is 1. The Bertz CT molecular complexity index is 1850. The summed E-state index contributed by atoms with van der Waals surface area (Å²) in [5.74, 6) is 0.158. The first-order valence-electron chi connectivity index (χ1n) is 12.1. The predicted molar refractivity (Wildman–Crippen MR) is 146 cm³/mol. The Hall–Kier alpha value is -4.18. The van der Waals surface area contributed by atoms with Crippen molar-refractivity contribution in [1.82, 2.24) is 13.7 Å². The minimum absolute atomic E-state index is 0.118. The van der Waals surface area contributed by atoms with Crippen molar-refractivity contribution in [2.75, 3.05) is 7.11 Å². The van der Waals surface area contributed by atoms with Gasteiger partial charge in [0, 0.05) is 14.1 Å². The van der Waals surface area contributed by atoms with E-state index in [1.807, 2.05) is 30.3 Å². The van der Waals surface area contributed by atoms with Crippen molar-refractivity contribution < 1.29 is 14.3 Å². The fourth-order valence-electron chi connectivity index (χ4n) is 4.73. The molecule has 0 N–H and O–H groups in total. The van der Waals surface area contributed by atoms with E-state index in [4.69, 9.17) is 9.47 Å². The monoisotopic (exact) mass is 532 g/mol. The third-order valence-corrected chi connectivity index (χ3v) is 7.59. The van der Waals surface area contributed by atoms with Crippen LogP contribution >= 0.6 is 11.3 Å². The number of aryl methyl sites for hydroxylation is 2. The highest BCUT2D eigenvalue weighted by Crippen LogP contribution is 2.32. The molecule has 2 aromatic heterocycles. The summed E-state index contributed by atoms with van der Waals surface area (Å²) in [6.07, 6.45) is 1.46. The quantitative estimate of drug-likeness (QED) is 0.368. The molecule has 0 unspecified atom stereocenters. The van der Waals surface area contributed by atoms with E-state index in [1.54, 1.807) is 73.9 Å². The third kappa shape index (κ3) is 4.20. The molecule has 2 aromatic carbocycles. The van der Waals surface area contributed by atoms with Gasteiger partial charge in [-0.15, -0.1) is 0 Å². The molecule has 0 saturated heterocycles. The standard InChI is InChI=1S/C28H28N4O5S/c1-15(2)37-26(34)23-16(3)29-27-32(24(23)18-8-10-19(36-6)11-9-18)25(33)22(38-27)14-17-7-12-20-21(13-17)31(5)28(35)30(20)4/h7-15,24H,1-6H3/b22-14+/t24-/m1/s1. The molecule has 0 spiro atoms. The summed E-state index contributed by atoms with van der Waals surface area (Å²) >= 11 is 1.26. The summed E-state index contributed by atoms with van der Waals surface area (Å²) in [5, 5.41) is 0. The first-order valence-corrected chi connectivity index (χ1v) is 12.9. The number of aromatic nitrogens is 3. The van der Waals surface area contributed by atoms with Crippen molar-refractivity contribution in [1.29, 1.82) is 0 Å². The fraction of sp³-hybridized carbons (Fsp3) is 0.286. The van der Waals surface area contributed by atoms with E-state index in [2.05, 4.69) is 4.99 Å². The zero-order valence-corrected chi connectivity index (χ0v) is 22.8. The molecule has 38 heavy (non-hydrogen) atoms. The topological polar surface area (TPSA) is 96.8 Å². The normalized spacial score (nSPS) is 15.7. The Labute approximate surface area is 222 Å². The first kappa shape index (κ1) is 25.5. The Morgan fingerprint density at radius 3 is 2.39 bits per heavy atom. The minimum atomic E-state index is -0.706. The number of carbonyl (C=O) groups is 1. The third-order valence-electron chi connectivity index (χ3n) is 6.61. The molecular weight excluding hydrogens is 504 g/mol. The van der Waals surface area contributed by atoms with Crippen molar-refractivity contribution in [2.45, 2.75) is 32.9 Å². The summed E-state index contributed by atoms with van der Waals surface area (Å²) in [6, 6.07) is 12.2. The summed E-state index contributed by atoms with van der Waals surface area (Å²) in [4.78, 5) is 44.5. The van der Waals surface area contributed by atoms with E-state index in [1.165, 1.54) is 11.3 Å². The molecule has 9 nitrogen and oxygen atoms in total. The van der Waals surface area contributed by atoms with Crippen LogP contribution < -0.4 is 25.3 Å². The molecule has 0 radical (unpaired) electrons. The van der Waals surface area contributed by atoms with E-state index in [-0.39, 0.29) is 17.4 Å². The van der Waals surface area contributed by atoms with Gasteiger partial charge in [0.25, 0.3) is 5.56 Å². The lowest BCUT2D eigenvalue weighted by molar-refractivity contribution is -0.143. The van der Waals surface area contributed by atoms with E-state index >= 15 is 0 Å². The maximum absolute atomic E-state index is 13.8. The van der Waals surface area contributed by atoms with Gasteiger partial charge in [-0.1, -0.05) is 29.5 Å². The summed E-state index contributed by atoms with van der Waals surface area (Å²) in [5.41, 5.74) is 3.54. The molecular formula is C28H28N4O5S. The molecule has 196 valence electrons. The molecule has 1 aliphatic rings. The molecule has 0 bridgehead atoms. The van der Waals surface area contributed by atoms with Crippen molar-refractivity contribution >= 4 is 34.4 Å². The largest absolute Gasteiger partial charge is 0.497 e. The number of fused-ring (bicyclic) bond motifs is 2. The van der Waals surface area contributed by atoms with Gasteiger partial charge in [0.05, 0.1) is 46.1 Å². The maximum atomic E-state index is 13.8. The van der Waals surface area contributed by atoms with Gasteiger partial charge >= 0.3 is 11.7 Å². The van der Waals surface area contributed by atoms with Crippen molar-refractivity contribution in [3.63, 3.8) is 0 Å². The highest BCUT2D eigenvalue weighted by molar-refractivity contribution is 7.07. The molecule has 4 aromatic rings. The number of rotatable bonds is 5. The average molecular weight is 533 g/mol. The number of hydrogen-bond donors (Lipinski definition) is 0. The zero-order chi connectivity index (χ0) is 27.3. The van der Waals surface area contributed by atoms with Gasteiger partial charge in [0.15, 0.2) is 4.80 Å². The molecule has 1 aliphatic heterocycles. The van der Waals surface area contributed by atoms with E-state index in [0.29, 0.717) is 26.4 Å². The average Bonchev–Trinajstić information content (AvgIpc) is 3.30. The summed E-state index contributed by atoms with van der Waals surface area (Å²) < 4.78 is 16.0. The highest BCUT2D eigenvalue weighted by Gasteiger charge is 2.33. The second-order valence-electron chi connectivity index (χ2n) is 9.46. The number of methoxy groups -OCH3 is 1. The number of benzene rings is 2. The Balaban J connectivity index is 1.70. The highest BCUT2D eigenvalue weighted by atomic mass is 32.1. The van der Waals surface area contributed by atoms with Gasteiger partial charge in [-0.05, 0) is 62.2 Å². The predicted octanol–water partition coefficient (Wildman–Crippen LogP) is 2.39. The Kier molecular flexibility index (Phi) is 6.44. The molecule has 0 amide bonds. The molecule has 3 heterocycles. The molecule has 0 fully saturated rings. The maximum Gasteiger partial charge on any atom is 0.338 e. The molecule has 1 atom stereocenters. The van der Waals surface area contributed by atoms with Crippen LogP contribution in [0.25, 0.3) is 17.1 Å². The first-order chi connectivity index (χ1) is 18.1. The van der Waals surface area contributed by atoms with Crippen LogP contribution in [-0.4, -0.2) is 32.9 Å². The summed E-state index contributed by atoms with van der Waals surface area (Å²) in [7, 11) is 5.03. The van der Waals surface area contributed by atoms with Crippen LogP contribution in [0.4, 0.5) is 0 Å².